The Bertz CT molecular complexity index is 312. The van der Waals surface area contributed by atoms with Crippen molar-refractivity contribution in [1.82, 2.24) is 0 Å². The van der Waals surface area contributed by atoms with Crippen molar-refractivity contribution in [2.24, 2.45) is 0 Å². The molecule has 0 atom stereocenters. The second-order valence-corrected chi connectivity index (χ2v) is 2.77. The van der Waals surface area contributed by atoms with Gasteiger partial charge in [-0.15, -0.1) is 0 Å². The van der Waals surface area contributed by atoms with Crippen LogP contribution in [0.2, 0.25) is 0 Å². The Balaban J connectivity index is 3.90. The van der Waals surface area contributed by atoms with E-state index in [0.717, 1.165) is 6.08 Å². The van der Waals surface area contributed by atoms with Crippen LogP contribution in [0.3, 0.4) is 0 Å². The average molecular weight is 208 g/mol. The van der Waals surface area contributed by atoms with Crippen LogP contribution >= 0.6 is 0 Å². The van der Waals surface area contributed by atoms with Crippen LogP contribution in [0.25, 0.3) is 0 Å². The molecule has 0 aliphatic rings. The molecule has 0 heterocycles. The molecule has 1 N–H and O–H groups in total. The summed E-state index contributed by atoms with van der Waals surface area (Å²) in [4.78, 5) is 14.2. The second kappa shape index (κ2) is 5.46. The Morgan fingerprint density at radius 2 is 2.00 bits per heavy atom. The summed E-state index contributed by atoms with van der Waals surface area (Å²) < 4.78 is 31.1. The lowest BCUT2D eigenvalue weighted by atomic mass is 10.4. The van der Waals surface area contributed by atoms with E-state index in [1.54, 1.807) is 13.0 Å². The van der Waals surface area contributed by atoms with Gasteiger partial charge in [0.15, 0.2) is 0 Å². The lowest BCUT2D eigenvalue weighted by Crippen LogP contribution is -2.08. The predicted molar refractivity (Wildman–Crippen MR) is 42.7 cm³/mol. The number of carbonyl (C=O) groups excluding carboxylic acids is 1. The van der Waals surface area contributed by atoms with E-state index in [0.29, 0.717) is 0 Å². The zero-order valence-corrected chi connectivity index (χ0v) is 7.52. The molecule has 0 radical (unpaired) electrons. The van der Waals surface area contributed by atoms with E-state index in [1.165, 1.54) is 12.2 Å². The highest BCUT2D eigenvalue weighted by atomic mass is 32.3. The molecule has 6 nitrogen and oxygen atoms in total. The van der Waals surface area contributed by atoms with Gasteiger partial charge in [-0.2, -0.15) is 8.42 Å². The lowest BCUT2D eigenvalue weighted by molar-refractivity contribution is -0.208. The Morgan fingerprint density at radius 1 is 1.38 bits per heavy atom. The number of hydrogen-bond donors (Lipinski definition) is 1. The number of rotatable bonds is 4. The molecule has 0 fully saturated rings. The summed E-state index contributed by atoms with van der Waals surface area (Å²) in [5, 5.41) is 0. The highest BCUT2D eigenvalue weighted by Gasteiger charge is 2.08. The molecular weight excluding hydrogens is 200 g/mol. The minimum absolute atomic E-state index is 0.922. The molecule has 0 saturated heterocycles. The highest BCUT2D eigenvalue weighted by molar-refractivity contribution is 7.80. The van der Waals surface area contributed by atoms with Gasteiger partial charge in [0, 0.05) is 6.08 Å². The zero-order valence-electron chi connectivity index (χ0n) is 6.71. The maximum Gasteiger partial charge on any atom is 0.432 e. The zero-order chi connectivity index (χ0) is 10.3. The molecule has 0 rings (SSSR count). The summed E-state index contributed by atoms with van der Waals surface area (Å²) in [7, 11) is -4.74. The molecule has 0 aromatic carbocycles. The van der Waals surface area contributed by atoms with Crippen molar-refractivity contribution in [3.8, 4) is 0 Å². The van der Waals surface area contributed by atoms with Crippen molar-refractivity contribution in [3.63, 3.8) is 0 Å². The average Bonchev–Trinajstić information content (AvgIpc) is 2.00. The summed E-state index contributed by atoms with van der Waals surface area (Å²) in [6, 6.07) is 0. The smallest absolute Gasteiger partial charge is 0.275 e. The number of allylic oxidation sites excluding steroid dienone is 3. The minimum atomic E-state index is -4.74. The molecule has 0 aromatic heterocycles. The van der Waals surface area contributed by atoms with Gasteiger partial charge >= 0.3 is 16.4 Å². The third kappa shape index (κ3) is 8.73. The van der Waals surface area contributed by atoms with E-state index in [-0.39, 0.29) is 0 Å². The van der Waals surface area contributed by atoms with Crippen molar-refractivity contribution >= 4 is 16.4 Å². The molecule has 0 unspecified atom stereocenters. The summed E-state index contributed by atoms with van der Waals surface area (Å²) in [6.07, 6.45) is 5.41. The highest BCUT2D eigenvalue weighted by Crippen LogP contribution is 1.90. The fraction of sp³-hybridized carbons (Fsp3) is 0.167. The lowest BCUT2D eigenvalue weighted by Gasteiger charge is -1.93. The van der Waals surface area contributed by atoms with Gasteiger partial charge in [-0.25, -0.2) is 4.79 Å². The molecule has 0 aliphatic carbocycles. The van der Waals surface area contributed by atoms with E-state index in [4.69, 9.17) is 4.55 Å². The van der Waals surface area contributed by atoms with Gasteiger partial charge < -0.3 is 0 Å². The van der Waals surface area contributed by atoms with Crippen molar-refractivity contribution in [1.29, 1.82) is 0 Å². The second-order valence-electron chi connectivity index (χ2n) is 1.78. The SMILES string of the molecule is C/C=C/C=C/C(=O)OOS(=O)(=O)O. The van der Waals surface area contributed by atoms with E-state index in [2.05, 4.69) is 9.22 Å². The van der Waals surface area contributed by atoms with Gasteiger partial charge in [0.1, 0.15) is 0 Å². The fourth-order valence-corrected chi connectivity index (χ4v) is 0.503. The first-order valence-electron chi connectivity index (χ1n) is 3.12. The fourth-order valence-electron chi connectivity index (χ4n) is 0.350. The maximum atomic E-state index is 10.5. The van der Waals surface area contributed by atoms with Crippen LogP contribution in [0.4, 0.5) is 0 Å². The molecule has 74 valence electrons. The summed E-state index contributed by atoms with van der Waals surface area (Å²) in [6.45, 7) is 1.73. The van der Waals surface area contributed by atoms with Gasteiger partial charge in [0.2, 0.25) is 0 Å². The molecule has 0 bridgehead atoms. The third-order valence-corrected chi connectivity index (χ3v) is 0.978. The topological polar surface area (TPSA) is 89.9 Å². The van der Waals surface area contributed by atoms with Crippen molar-refractivity contribution in [2.45, 2.75) is 6.92 Å². The van der Waals surface area contributed by atoms with Crippen molar-refractivity contribution < 1.29 is 27.0 Å². The van der Waals surface area contributed by atoms with Crippen LogP contribution in [0, 0.1) is 0 Å². The molecule has 7 heteroatoms. The normalized spacial score (nSPS) is 12.5. The Morgan fingerprint density at radius 3 is 2.46 bits per heavy atom. The molecule has 0 aromatic rings. The molecular formula is C6H8O6S. The summed E-state index contributed by atoms with van der Waals surface area (Å²) in [5.74, 6) is -1.05. The van der Waals surface area contributed by atoms with Gasteiger partial charge in [0.25, 0.3) is 0 Å². The molecule has 0 amide bonds. The summed E-state index contributed by atoms with van der Waals surface area (Å²) in [5.41, 5.74) is 0. The third-order valence-electron chi connectivity index (χ3n) is 0.738. The Kier molecular flexibility index (Phi) is 4.97. The Labute approximate surface area is 75.3 Å². The Hall–Kier alpha value is -1.18. The van der Waals surface area contributed by atoms with E-state index < -0.39 is 16.4 Å². The first kappa shape index (κ1) is 11.8. The summed E-state index contributed by atoms with van der Waals surface area (Å²) >= 11 is 0. The number of hydrogen-bond acceptors (Lipinski definition) is 5. The monoisotopic (exact) mass is 208 g/mol. The molecule has 13 heavy (non-hydrogen) atoms. The van der Waals surface area contributed by atoms with E-state index >= 15 is 0 Å². The predicted octanol–water partition coefficient (Wildman–Crippen LogP) is 0.396. The van der Waals surface area contributed by atoms with Gasteiger partial charge in [-0.1, -0.05) is 18.2 Å². The maximum absolute atomic E-state index is 10.5. The van der Waals surface area contributed by atoms with Crippen LogP contribution in [-0.4, -0.2) is 18.9 Å². The minimum Gasteiger partial charge on any atom is -0.275 e. The molecule has 0 saturated carbocycles. The van der Waals surface area contributed by atoms with E-state index in [1.807, 2.05) is 0 Å². The van der Waals surface area contributed by atoms with Gasteiger partial charge in [-0.05, 0) is 11.3 Å². The number of carbonyl (C=O) groups is 1. The van der Waals surface area contributed by atoms with Crippen molar-refractivity contribution in [2.75, 3.05) is 0 Å². The molecule has 0 aliphatic heterocycles. The van der Waals surface area contributed by atoms with Crippen LogP contribution in [-0.2, 0) is 24.4 Å². The van der Waals surface area contributed by atoms with Crippen LogP contribution in [0.5, 0.6) is 0 Å². The first-order valence-corrected chi connectivity index (χ1v) is 4.49. The first-order chi connectivity index (χ1) is 5.95. The van der Waals surface area contributed by atoms with Crippen LogP contribution in [0.15, 0.2) is 24.3 Å². The van der Waals surface area contributed by atoms with Crippen molar-refractivity contribution in [3.05, 3.63) is 24.3 Å². The van der Waals surface area contributed by atoms with Gasteiger partial charge in [0.05, 0.1) is 0 Å². The van der Waals surface area contributed by atoms with E-state index in [9.17, 15) is 13.2 Å². The van der Waals surface area contributed by atoms with Gasteiger partial charge in [-0.3, -0.25) is 9.44 Å². The van der Waals surface area contributed by atoms with Crippen LogP contribution in [0.1, 0.15) is 6.92 Å². The quantitative estimate of drug-likeness (QED) is 0.236. The van der Waals surface area contributed by atoms with Crippen LogP contribution < -0.4 is 0 Å². The standard InChI is InChI=1S/C6H8O6S/c1-2-3-4-5-6(7)11-12-13(8,9)10/h2-5H,1H3,(H,8,9,10)/b3-2+,5-4+. The largest absolute Gasteiger partial charge is 0.432 e. The molecule has 0 spiro atoms.